The molecular formula is C26H32FN5O. The molecule has 0 atom stereocenters. The summed E-state index contributed by atoms with van der Waals surface area (Å²) in [5.74, 6) is -0.426. The van der Waals surface area contributed by atoms with Crippen LogP contribution in [0.5, 0.6) is 0 Å². The fourth-order valence-corrected chi connectivity index (χ4v) is 3.34. The first kappa shape index (κ1) is 24.2. The van der Waals surface area contributed by atoms with E-state index >= 15 is 0 Å². The van der Waals surface area contributed by atoms with E-state index in [2.05, 4.69) is 48.4 Å². The molecule has 33 heavy (non-hydrogen) atoms. The van der Waals surface area contributed by atoms with Crippen LogP contribution < -0.4 is 10.6 Å². The van der Waals surface area contributed by atoms with Crippen LogP contribution in [0.25, 0.3) is 0 Å². The first-order valence-electron chi connectivity index (χ1n) is 11.2. The third-order valence-electron chi connectivity index (χ3n) is 5.24. The van der Waals surface area contributed by atoms with E-state index in [0.29, 0.717) is 17.8 Å². The number of hydrogen-bond acceptors (Lipinski definition) is 3. The summed E-state index contributed by atoms with van der Waals surface area (Å²) in [5, 5.41) is 10.4. The summed E-state index contributed by atoms with van der Waals surface area (Å²) in [6.45, 7) is 11.6. The molecule has 0 aliphatic heterocycles. The van der Waals surface area contributed by atoms with Gasteiger partial charge in [-0.05, 0) is 54.7 Å². The van der Waals surface area contributed by atoms with Crippen molar-refractivity contribution in [2.45, 2.75) is 59.5 Å². The van der Waals surface area contributed by atoms with Crippen LogP contribution in [0.1, 0.15) is 61.3 Å². The molecule has 0 bridgehead atoms. The SMILES string of the molecule is CCCn1cc(CN=C(NC(=O)c2ccc(C(C)(C)C)cc2)Nc2cccc(F)c2)c(C)n1. The first-order valence-corrected chi connectivity index (χ1v) is 11.2. The molecule has 2 aromatic carbocycles. The average molecular weight is 450 g/mol. The lowest BCUT2D eigenvalue weighted by molar-refractivity contribution is 0.0977. The van der Waals surface area contributed by atoms with Crippen molar-refractivity contribution in [3.05, 3.63) is 82.9 Å². The fourth-order valence-electron chi connectivity index (χ4n) is 3.34. The second-order valence-electron chi connectivity index (χ2n) is 9.08. The molecular weight excluding hydrogens is 417 g/mol. The van der Waals surface area contributed by atoms with E-state index in [1.165, 1.54) is 12.1 Å². The number of nitrogens with one attached hydrogen (secondary N) is 2. The monoisotopic (exact) mass is 449 g/mol. The number of guanidine groups is 1. The van der Waals surface area contributed by atoms with E-state index in [0.717, 1.165) is 29.8 Å². The molecule has 0 fully saturated rings. The molecule has 0 aliphatic rings. The Morgan fingerprint density at radius 1 is 1.15 bits per heavy atom. The first-order chi connectivity index (χ1) is 15.7. The maximum Gasteiger partial charge on any atom is 0.257 e. The molecule has 1 amide bonds. The van der Waals surface area contributed by atoms with E-state index < -0.39 is 0 Å². The van der Waals surface area contributed by atoms with Gasteiger partial charge in [-0.1, -0.05) is 45.9 Å². The molecule has 0 saturated heterocycles. The minimum Gasteiger partial charge on any atom is -0.326 e. The van der Waals surface area contributed by atoms with Crippen molar-refractivity contribution in [1.82, 2.24) is 15.1 Å². The number of benzene rings is 2. The molecule has 3 aromatic rings. The van der Waals surface area contributed by atoms with E-state index in [9.17, 15) is 9.18 Å². The highest BCUT2D eigenvalue weighted by molar-refractivity contribution is 6.09. The number of halogens is 1. The minimum atomic E-state index is -0.375. The lowest BCUT2D eigenvalue weighted by Gasteiger charge is -2.19. The van der Waals surface area contributed by atoms with Crippen molar-refractivity contribution in [2.75, 3.05) is 5.32 Å². The van der Waals surface area contributed by atoms with E-state index in [4.69, 9.17) is 0 Å². The smallest absolute Gasteiger partial charge is 0.257 e. The highest BCUT2D eigenvalue weighted by Crippen LogP contribution is 2.22. The van der Waals surface area contributed by atoms with E-state index in [1.54, 1.807) is 24.3 Å². The summed E-state index contributed by atoms with van der Waals surface area (Å²) in [4.78, 5) is 17.5. The maximum absolute atomic E-state index is 13.7. The molecule has 0 unspecified atom stereocenters. The molecule has 7 heteroatoms. The number of carbonyl (C=O) groups excluding carboxylic acids is 1. The lowest BCUT2D eigenvalue weighted by atomic mass is 9.87. The zero-order valence-electron chi connectivity index (χ0n) is 19.9. The highest BCUT2D eigenvalue weighted by Gasteiger charge is 2.15. The molecule has 1 heterocycles. The number of nitrogens with zero attached hydrogens (tertiary/aromatic N) is 3. The lowest BCUT2D eigenvalue weighted by Crippen LogP contribution is -2.36. The number of amides is 1. The van der Waals surface area contributed by atoms with Gasteiger partial charge in [-0.2, -0.15) is 5.10 Å². The molecule has 1 aromatic heterocycles. The van der Waals surface area contributed by atoms with Crippen LogP contribution in [0.4, 0.5) is 10.1 Å². The Morgan fingerprint density at radius 2 is 1.88 bits per heavy atom. The van der Waals surface area contributed by atoms with Gasteiger partial charge in [0.2, 0.25) is 5.96 Å². The van der Waals surface area contributed by atoms with Gasteiger partial charge in [-0.15, -0.1) is 0 Å². The topological polar surface area (TPSA) is 71.3 Å². The zero-order valence-corrected chi connectivity index (χ0v) is 19.9. The third-order valence-corrected chi connectivity index (χ3v) is 5.24. The minimum absolute atomic E-state index is 0.000635. The second-order valence-corrected chi connectivity index (χ2v) is 9.08. The number of anilines is 1. The summed E-state index contributed by atoms with van der Waals surface area (Å²) >= 11 is 0. The number of carbonyl (C=O) groups is 1. The Kier molecular flexibility index (Phi) is 7.63. The second kappa shape index (κ2) is 10.4. The Morgan fingerprint density at radius 3 is 2.52 bits per heavy atom. The number of aryl methyl sites for hydroxylation is 2. The summed E-state index contributed by atoms with van der Waals surface area (Å²) in [7, 11) is 0. The molecule has 3 rings (SSSR count). The largest absolute Gasteiger partial charge is 0.326 e. The van der Waals surface area contributed by atoms with Crippen molar-refractivity contribution in [3.63, 3.8) is 0 Å². The van der Waals surface area contributed by atoms with Gasteiger partial charge in [-0.3, -0.25) is 14.8 Å². The molecule has 0 radical (unpaired) electrons. The van der Waals surface area contributed by atoms with Gasteiger partial charge >= 0.3 is 0 Å². The average Bonchev–Trinajstić information content (AvgIpc) is 3.11. The quantitative estimate of drug-likeness (QED) is 0.389. The van der Waals surface area contributed by atoms with Gasteiger partial charge < -0.3 is 5.32 Å². The van der Waals surface area contributed by atoms with Gasteiger partial charge in [0.1, 0.15) is 5.82 Å². The highest BCUT2D eigenvalue weighted by atomic mass is 19.1. The summed E-state index contributed by atoms with van der Waals surface area (Å²) < 4.78 is 15.6. The van der Waals surface area contributed by atoms with Gasteiger partial charge in [0, 0.05) is 29.6 Å². The van der Waals surface area contributed by atoms with Gasteiger partial charge in [0.05, 0.1) is 12.2 Å². The number of aromatic nitrogens is 2. The summed E-state index contributed by atoms with van der Waals surface area (Å²) in [6, 6.07) is 13.5. The maximum atomic E-state index is 13.7. The van der Waals surface area contributed by atoms with E-state index in [1.807, 2.05) is 29.9 Å². The van der Waals surface area contributed by atoms with Gasteiger partial charge in [-0.25, -0.2) is 9.38 Å². The Balaban J connectivity index is 1.82. The number of hydrogen-bond donors (Lipinski definition) is 2. The number of rotatable bonds is 6. The zero-order chi connectivity index (χ0) is 24.0. The predicted octanol–water partition coefficient (Wildman–Crippen LogP) is 5.44. The molecule has 0 saturated carbocycles. The van der Waals surface area contributed by atoms with Crippen LogP contribution in [0, 0.1) is 12.7 Å². The molecule has 6 nitrogen and oxygen atoms in total. The molecule has 0 spiro atoms. The fraction of sp³-hybridized carbons (Fsp3) is 0.346. The summed E-state index contributed by atoms with van der Waals surface area (Å²) in [5.41, 5.74) is 4.01. The van der Waals surface area contributed by atoms with Crippen molar-refractivity contribution >= 4 is 17.6 Å². The van der Waals surface area contributed by atoms with Gasteiger partial charge in [0.15, 0.2) is 0 Å². The van der Waals surface area contributed by atoms with Crippen LogP contribution in [-0.2, 0) is 18.5 Å². The van der Waals surface area contributed by atoms with E-state index in [-0.39, 0.29) is 23.1 Å². The van der Waals surface area contributed by atoms with Crippen LogP contribution >= 0.6 is 0 Å². The van der Waals surface area contributed by atoms with Crippen LogP contribution in [0.15, 0.2) is 59.7 Å². The Hall–Kier alpha value is -3.48. The summed E-state index contributed by atoms with van der Waals surface area (Å²) in [6.07, 6.45) is 2.95. The van der Waals surface area contributed by atoms with Gasteiger partial charge in [0.25, 0.3) is 5.91 Å². The predicted molar refractivity (Wildman–Crippen MR) is 131 cm³/mol. The Bertz CT molecular complexity index is 1130. The molecule has 0 aliphatic carbocycles. The van der Waals surface area contributed by atoms with Crippen LogP contribution in [0.3, 0.4) is 0 Å². The van der Waals surface area contributed by atoms with Crippen molar-refractivity contribution in [1.29, 1.82) is 0 Å². The molecule has 174 valence electrons. The standard InChI is InChI=1S/C26H32FN5O/c1-6-14-32-17-20(18(2)31-32)16-28-25(29-23-9-7-8-22(27)15-23)30-24(33)19-10-12-21(13-11-19)26(3,4)5/h7-13,15,17H,6,14,16H2,1-5H3,(H2,28,29,30,33). The van der Waals surface area contributed by atoms with Crippen LogP contribution in [0.2, 0.25) is 0 Å². The normalized spacial score (nSPS) is 12.0. The van der Waals surface area contributed by atoms with Crippen LogP contribution in [-0.4, -0.2) is 21.6 Å². The van der Waals surface area contributed by atoms with Crippen molar-refractivity contribution in [2.24, 2.45) is 4.99 Å². The third kappa shape index (κ3) is 6.75. The Labute approximate surface area is 194 Å². The van der Waals surface area contributed by atoms with Crippen molar-refractivity contribution in [3.8, 4) is 0 Å². The number of aliphatic imine (C=N–C) groups is 1. The molecule has 2 N–H and O–H groups in total. The van der Waals surface area contributed by atoms with Crippen molar-refractivity contribution < 1.29 is 9.18 Å².